The third-order valence-corrected chi connectivity index (χ3v) is 4.10. The highest BCUT2D eigenvalue weighted by molar-refractivity contribution is 5.72. The van der Waals surface area contributed by atoms with E-state index in [9.17, 15) is 0 Å². The molecule has 4 rings (SSSR count). The van der Waals surface area contributed by atoms with Crippen LogP contribution in [-0.2, 0) is 0 Å². The molecule has 2 aliphatic heterocycles. The Balaban J connectivity index is 1.74. The van der Waals surface area contributed by atoms with Crippen LogP contribution in [-0.4, -0.2) is 48.2 Å². The molecule has 2 aromatic rings. The summed E-state index contributed by atoms with van der Waals surface area (Å²) in [4.78, 5) is 17.9. The Kier molecular flexibility index (Phi) is 2.70. The number of hydrogen-bond donors (Lipinski definition) is 1. The van der Waals surface area contributed by atoms with Gasteiger partial charge in [0.1, 0.15) is 5.82 Å². The predicted molar refractivity (Wildman–Crippen MR) is 83.8 cm³/mol. The molecule has 1 saturated heterocycles. The van der Waals surface area contributed by atoms with Gasteiger partial charge in [-0.05, 0) is 18.6 Å². The second-order valence-corrected chi connectivity index (χ2v) is 5.80. The van der Waals surface area contributed by atoms with Crippen LogP contribution in [0.3, 0.4) is 0 Å². The van der Waals surface area contributed by atoms with E-state index in [1.165, 1.54) is 6.42 Å². The zero-order valence-corrected chi connectivity index (χ0v) is 12.2. The minimum atomic E-state index is 0.523. The van der Waals surface area contributed by atoms with Crippen LogP contribution >= 0.6 is 0 Å². The summed E-state index contributed by atoms with van der Waals surface area (Å²) in [6, 6.07) is 4.49. The largest absolute Gasteiger partial charge is 0.365 e. The summed E-state index contributed by atoms with van der Waals surface area (Å²) in [5, 5.41) is 3.52. The lowest BCUT2D eigenvalue weighted by Crippen LogP contribution is -2.32. The van der Waals surface area contributed by atoms with Crippen LogP contribution in [0.2, 0.25) is 0 Å². The maximum atomic E-state index is 4.71. The average Bonchev–Trinajstić information content (AvgIpc) is 2.89. The maximum absolute atomic E-state index is 4.71. The number of pyridine rings is 1. The van der Waals surface area contributed by atoms with E-state index in [2.05, 4.69) is 20.2 Å². The van der Waals surface area contributed by atoms with Crippen LogP contribution in [0.15, 0.2) is 24.5 Å². The fourth-order valence-corrected chi connectivity index (χ4v) is 2.94. The fraction of sp³-hybridized carbons (Fsp3) is 0.400. The van der Waals surface area contributed by atoms with E-state index in [0.717, 1.165) is 41.8 Å². The van der Waals surface area contributed by atoms with Crippen LogP contribution in [0.1, 0.15) is 6.42 Å². The number of hydrogen-bond acceptors (Lipinski definition) is 6. The van der Waals surface area contributed by atoms with E-state index in [1.807, 2.05) is 37.3 Å². The summed E-state index contributed by atoms with van der Waals surface area (Å²) < 4.78 is 0. The molecule has 0 amide bonds. The van der Waals surface area contributed by atoms with Gasteiger partial charge in [0.2, 0.25) is 0 Å². The molecule has 6 heteroatoms. The Labute approximate surface area is 123 Å². The van der Waals surface area contributed by atoms with Crippen molar-refractivity contribution in [3.8, 4) is 11.4 Å². The fourth-order valence-electron chi connectivity index (χ4n) is 2.94. The summed E-state index contributed by atoms with van der Waals surface area (Å²) in [7, 11) is 3.96. The van der Waals surface area contributed by atoms with Crippen LogP contribution in [0, 0.1) is 0 Å². The topological polar surface area (TPSA) is 57.2 Å². The maximum Gasteiger partial charge on any atom is 0.161 e. The van der Waals surface area contributed by atoms with Gasteiger partial charge in [-0.15, -0.1) is 0 Å². The number of anilines is 3. The monoisotopic (exact) mass is 282 g/mol. The molecule has 2 aliphatic rings. The molecule has 1 atom stereocenters. The van der Waals surface area contributed by atoms with Crippen molar-refractivity contribution in [3.05, 3.63) is 24.5 Å². The molecule has 1 unspecified atom stereocenters. The molecular weight excluding hydrogens is 264 g/mol. The van der Waals surface area contributed by atoms with Crippen LogP contribution < -0.4 is 15.1 Å². The lowest BCUT2D eigenvalue weighted by molar-refractivity contribution is 0.786. The van der Waals surface area contributed by atoms with Crippen molar-refractivity contribution in [2.45, 2.75) is 12.5 Å². The van der Waals surface area contributed by atoms with Gasteiger partial charge in [-0.3, -0.25) is 0 Å². The Hall–Kier alpha value is -2.37. The minimum absolute atomic E-state index is 0.523. The van der Waals surface area contributed by atoms with Gasteiger partial charge in [-0.25, -0.2) is 15.0 Å². The van der Waals surface area contributed by atoms with E-state index < -0.39 is 0 Å². The third-order valence-electron chi connectivity index (χ3n) is 4.10. The van der Waals surface area contributed by atoms with Gasteiger partial charge in [-0.2, -0.15) is 0 Å². The molecular formula is C15H18N6. The Morgan fingerprint density at radius 3 is 3.10 bits per heavy atom. The van der Waals surface area contributed by atoms with Crippen LogP contribution in [0.5, 0.6) is 0 Å². The summed E-state index contributed by atoms with van der Waals surface area (Å²) in [6.45, 7) is 2.16. The number of fused-ring (bicyclic) bond motifs is 4. The number of nitrogens with zero attached hydrogens (tertiary/aromatic N) is 5. The molecule has 0 aliphatic carbocycles. The van der Waals surface area contributed by atoms with Gasteiger partial charge in [0, 0.05) is 45.0 Å². The van der Waals surface area contributed by atoms with Crippen molar-refractivity contribution in [2.75, 3.05) is 42.3 Å². The molecule has 0 radical (unpaired) electrons. The summed E-state index contributed by atoms with van der Waals surface area (Å²) in [6.07, 6.45) is 4.90. The highest BCUT2D eigenvalue weighted by atomic mass is 15.3. The van der Waals surface area contributed by atoms with Gasteiger partial charge >= 0.3 is 0 Å². The third kappa shape index (κ3) is 2.07. The van der Waals surface area contributed by atoms with Crippen LogP contribution in [0.25, 0.3) is 11.4 Å². The molecule has 21 heavy (non-hydrogen) atoms. The average molecular weight is 282 g/mol. The first-order chi connectivity index (χ1) is 10.2. The van der Waals surface area contributed by atoms with Crippen molar-refractivity contribution in [1.82, 2.24) is 15.0 Å². The van der Waals surface area contributed by atoms with Crippen molar-refractivity contribution in [3.63, 3.8) is 0 Å². The van der Waals surface area contributed by atoms with E-state index >= 15 is 0 Å². The molecule has 4 heterocycles. The second-order valence-electron chi connectivity index (χ2n) is 5.80. The molecule has 0 aromatic carbocycles. The first-order valence-corrected chi connectivity index (χ1v) is 7.23. The van der Waals surface area contributed by atoms with Crippen molar-refractivity contribution in [1.29, 1.82) is 0 Å². The summed E-state index contributed by atoms with van der Waals surface area (Å²) in [5.41, 5.74) is 2.11. The Bertz CT molecular complexity index is 684. The SMILES string of the molecule is CN(C)c1cc(-c2ncc3c(n2)NC2CCN3C2)ccn1. The van der Waals surface area contributed by atoms with Gasteiger partial charge in [0.25, 0.3) is 0 Å². The zero-order chi connectivity index (χ0) is 14.4. The van der Waals surface area contributed by atoms with E-state index in [-0.39, 0.29) is 0 Å². The van der Waals surface area contributed by atoms with Gasteiger partial charge in [0.15, 0.2) is 11.6 Å². The lowest BCUT2D eigenvalue weighted by atomic mass is 10.2. The van der Waals surface area contributed by atoms with Crippen molar-refractivity contribution in [2.24, 2.45) is 0 Å². The number of aromatic nitrogens is 3. The first kappa shape index (κ1) is 12.4. The highest BCUT2D eigenvalue weighted by Gasteiger charge is 2.31. The zero-order valence-electron chi connectivity index (χ0n) is 12.2. The summed E-state index contributed by atoms with van der Waals surface area (Å²) >= 11 is 0. The quantitative estimate of drug-likeness (QED) is 0.903. The smallest absolute Gasteiger partial charge is 0.161 e. The molecule has 0 spiro atoms. The minimum Gasteiger partial charge on any atom is -0.365 e. The number of rotatable bonds is 2. The molecule has 6 nitrogen and oxygen atoms in total. The van der Waals surface area contributed by atoms with Crippen LogP contribution in [0.4, 0.5) is 17.3 Å². The predicted octanol–water partition coefficient (Wildman–Crippen LogP) is 1.61. The molecule has 2 aromatic heterocycles. The van der Waals surface area contributed by atoms with E-state index in [1.54, 1.807) is 6.20 Å². The normalized spacial score (nSPS) is 19.1. The Morgan fingerprint density at radius 1 is 1.33 bits per heavy atom. The van der Waals surface area contributed by atoms with Crippen molar-refractivity contribution < 1.29 is 0 Å². The lowest BCUT2D eigenvalue weighted by Gasteiger charge is -2.27. The highest BCUT2D eigenvalue weighted by Crippen LogP contribution is 2.34. The second kappa shape index (κ2) is 4.58. The molecule has 1 N–H and O–H groups in total. The Morgan fingerprint density at radius 2 is 2.24 bits per heavy atom. The van der Waals surface area contributed by atoms with E-state index in [4.69, 9.17) is 4.98 Å². The summed E-state index contributed by atoms with van der Waals surface area (Å²) in [5.74, 6) is 2.61. The van der Waals surface area contributed by atoms with Gasteiger partial charge in [0.05, 0.1) is 11.9 Å². The molecule has 0 saturated carbocycles. The van der Waals surface area contributed by atoms with Gasteiger partial charge in [-0.1, -0.05) is 0 Å². The molecule has 108 valence electrons. The van der Waals surface area contributed by atoms with Gasteiger partial charge < -0.3 is 15.1 Å². The first-order valence-electron chi connectivity index (χ1n) is 7.23. The molecule has 1 fully saturated rings. The van der Waals surface area contributed by atoms with E-state index in [0.29, 0.717) is 6.04 Å². The standard InChI is InChI=1S/C15H18N6/c1-20(2)13-7-10(3-5-16-13)14-17-8-12-15(19-14)18-11-4-6-21(12)9-11/h3,5,7-8,11H,4,6,9H2,1-2H3,(H,17,18,19). The number of nitrogens with one attached hydrogen (secondary N) is 1. The molecule has 2 bridgehead atoms. The van der Waals surface area contributed by atoms with Crippen molar-refractivity contribution >= 4 is 17.3 Å².